The van der Waals surface area contributed by atoms with Gasteiger partial charge in [0.25, 0.3) is 0 Å². The molecule has 0 saturated heterocycles. The maximum absolute atomic E-state index is 11.6. The van der Waals surface area contributed by atoms with Gasteiger partial charge in [-0.15, -0.1) is 0 Å². The molecule has 1 atom stereocenters. The Morgan fingerprint density at radius 2 is 1.83 bits per heavy atom. The van der Waals surface area contributed by atoms with Crippen LogP contribution in [-0.2, 0) is 9.59 Å². The van der Waals surface area contributed by atoms with Gasteiger partial charge in [-0.05, 0) is 39.2 Å². The third-order valence-corrected chi connectivity index (χ3v) is 3.08. The van der Waals surface area contributed by atoms with Crippen molar-refractivity contribution in [2.45, 2.75) is 40.0 Å². The zero-order valence-electron chi connectivity index (χ0n) is 11.9. The lowest BCUT2D eigenvalue weighted by Gasteiger charge is -2.18. The van der Waals surface area contributed by atoms with Gasteiger partial charge in [0.2, 0.25) is 11.8 Å². The molecule has 1 unspecified atom stereocenters. The molecule has 0 radical (unpaired) electrons. The van der Waals surface area contributed by atoms with E-state index in [-0.39, 0.29) is 18.4 Å². The minimum absolute atomic E-state index is 0.0247. The van der Waals surface area contributed by atoms with E-state index in [4.69, 9.17) is 5.73 Å². The van der Waals surface area contributed by atoms with Crippen molar-refractivity contribution < 1.29 is 9.59 Å². The van der Waals surface area contributed by atoms with Crippen LogP contribution in [0.4, 0.5) is 0 Å². The summed E-state index contributed by atoms with van der Waals surface area (Å²) >= 11 is 0. The van der Waals surface area contributed by atoms with E-state index in [1.54, 1.807) is 4.90 Å². The van der Waals surface area contributed by atoms with Crippen LogP contribution >= 0.6 is 0 Å². The molecule has 5 nitrogen and oxygen atoms in total. The molecule has 18 heavy (non-hydrogen) atoms. The molecule has 0 fully saturated rings. The van der Waals surface area contributed by atoms with E-state index in [9.17, 15) is 9.59 Å². The summed E-state index contributed by atoms with van der Waals surface area (Å²) in [4.78, 5) is 24.9. The van der Waals surface area contributed by atoms with Gasteiger partial charge in [0.05, 0.1) is 6.54 Å². The summed E-state index contributed by atoms with van der Waals surface area (Å²) in [5.41, 5.74) is 5.45. The second kappa shape index (κ2) is 9.88. The molecular formula is C13H27N3O2. The van der Waals surface area contributed by atoms with Crippen molar-refractivity contribution in [3.8, 4) is 0 Å². The number of amides is 2. The second-order valence-corrected chi connectivity index (χ2v) is 4.56. The number of hydrogen-bond donors (Lipinski definition) is 2. The van der Waals surface area contributed by atoms with Gasteiger partial charge in [-0.1, -0.05) is 6.92 Å². The van der Waals surface area contributed by atoms with E-state index in [1.165, 1.54) is 0 Å². The number of nitrogens with zero attached hydrogens (tertiary/aromatic N) is 1. The third-order valence-electron chi connectivity index (χ3n) is 3.08. The van der Waals surface area contributed by atoms with Crippen LogP contribution in [0.25, 0.3) is 0 Å². The summed E-state index contributed by atoms with van der Waals surface area (Å²) < 4.78 is 0. The molecular weight excluding hydrogens is 230 g/mol. The first-order valence-electron chi connectivity index (χ1n) is 6.79. The Kier molecular flexibility index (Phi) is 9.28. The summed E-state index contributed by atoms with van der Waals surface area (Å²) in [6.45, 7) is 8.06. The molecule has 0 saturated carbocycles. The zero-order valence-corrected chi connectivity index (χ0v) is 11.9. The molecule has 0 spiro atoms. The minimum Gasteiger partial charge on any atom is -0.347 e. The molecule has 0 aliphatic carbocycles. The van der Waals surface area contributed by atoms with E-state index < -0.39 is 0 Å². The average molecular weight is 257 g/mol. The molecule has 106 valence electrons. The van der Waals surface area contributed by atoms with Gasteiger partial charge in [0.1, 0.15) is 0 Å². The van der Waals surface area contributed by atoms with Crippen molar-refractivity contribution >= 4 is 11.8 Å². The van der Waals surface area contributed by atoms with Crippen molar-refractivity contribution in [3.63, 3.8) is 0 Å². The van der Waals surface area contributed by atoms with Crippen LogP contribution in [0, 0.1) is 5.92 Å². The van der Waals surface area contributed by atoms with Crippen LogP contribution in [0.2, 0.25) is 0 Å². The lowest BCUT2D eigenvalue weighted by molar-refractivity contribution is -0.132. The SMILES string of the molecule is CCN(CC)C(=O)CNC(=O)CCC(C)CCN. The van der Waals surface area contributed by atoms with Gasteiger partial charge in [0, 0.05) is 19.5 Å². The summed E-state index contributed by atoms with van der Waals surface area (Å²) in [5.74, 6) is 0.377. The minimum atomic E-state index is -0.0561. The highest BCUT2D eigenvalue weighted by Gasteiger charge is 2.11. The molecule has 0 bridgehead atoms. The first-order chi connectivity index (χ1) is 8.54. The van der Waals surface area contributed by atoms with Gasteiger partial charge < -0.3 is 16.0 Å². The van der Waals surface area contributed by atoms with Gasteiger partial charge in [-0.3, -0.25) is 9.59 Å². The summed E-state index contributed by atoms with van der Waals surface area (Å²) in [6.07, 6.45) is 2.22. The molecule has 5 heteroatoms. The Bertz CT molecular complexity index is 253. The molecule has 0 rings (SSSR count). The van der Waals surface area contributed by atoms with Crippen molar-refractivity contribution in [1.82, 2.24) is 10.2 Å². The average Bonchev–Trinajstić information content (AvgIpc) is 2.35. The number of carbonyl (C=O) groups excluding carboxylic acids is 2. The van der Waals surface area contributed by atoms with Crippen molar-refractivity contribution in [1.29, 1.82) is 0 Å². The van der Waals surface area contributed by atoms with E-state index in [2.05, 4.69) is 12.2 Å². The molecule has 2 amide bonds. The Morgan fingerprint density at radius 1 is 1.22 bits per heavy atom. The van der Waals surface area contributed by atoms with E-state index >= 15 is 0 Å². The molecule has 0 aromatic heterocycles. The first-order valence-corrected chi connectivity index (χ1v) is 6.79. The maximum Gasteiger partial charge on any atom is 0.241 e. The molecule has 0 aromatic rings. The Morgan fingerprint density at radius 3 is 2.33 bits per heavy atom. The molecule has 3 N–H and O–H groups in total. The van der Waals surface area contributed by atoms with Crippen LogP contribution in [0.1, 0.15) is 40.0 Å². The fourth-order valence-corrected chi connectivity index (χ4v) is 1.76. The summed E-state index contributed by atoms with van der Waals surface area (Å²) in [6, 6.07) is 0. The fraction of sp³-hybridized carbons (Fsp3) is 0.846. The first kappa shape index (κ1) is 16.9. The predicted octanol–water partition coefficient (Wildman–Crippen LogP) is 0.736. The molecule has 0 aromatic carbocycles. The lowest BCUT2D eigenvalue weighted by atomic mass is 10.0. The monoisotopic (exact) mass is 257 g/mol. The maximum atomic E-state index is 11.6. The van der Waals surface area contributed by atoms with E-state index in [0.29, 0.717) is 32.0 Å². The highest BCUT2D eigenvalue weighted by molar-refractivity contribution is 5.84. The quantitative estimate of drug-likeness (QED) is 0.639. The Balaban J connectivity index is 3.79. The molecule has 0 heterocycles. The summed E-state index contributed by atoms with van der Waals surface area (Å²) in [7, 11) is 0. The number of likely N-dealkylation sites (N-methyl/N-ethyl adjacent to an activating group) is 1. The number of nitrogens with one attached hydrogen (secondary N) is 1. The van der Waals surface area contributed by atoms with Crippen LogP contribution in [0.5, 0.6) is 0 Å². The second-order valence-electron chi connectivity index (χ2n) is 4.56. The number of nitrogens with two attached hydrogens (primary N) is 1. The number of hydrogen-bond acceptors (Lipinski definition) is 3. The van der Waals surface area contributed by atoms with Crippen LogP contribution in [0.15, 0.2) is 0 Å². The van der Waals surface area contributed by atoms with Crippen LogP contribution < -0.4 is 11.1 Å². The molecule has 0 aliphatic heterocycles. The fourth-order valence-electron chi connectivity index (χ4n) is 1.76. The summed E-state index contributed by atoms with van der Waals surface area (Å²) in [5, 5.41) is 2.67. The number of carbonyl (C=O) groups is 2. The standard InChI is InChI=1S/C13H27N3O2/c1-4-16(5-2)13(18)10-15-12(17)7-6-11(3)8-9-14/h11H,4-10,14H2,1-3H3,(H,15,17). The normalized spacial score (nSPS) is 12.0. The smallest absolute Gasteiger partial charge is 0.241 e. The third kappa shape index (κ3) is 7.27. The van der Waals surface area contributed by atoms with Gasteiger partial charge in [-0.2, -0.15) is 0 Å². The predicted molar refractivity (Wildman–Crippen MR) is 73.0 cm³/mol. The van der Waals surface area contributed by atoms with Crippen molar-refractivity contribution in [2.75, 3.05) is 26.2 Å². The number of rotatable bonds is 9. The highest BCUT2D eigenvalue weighted by atomic mass is 16.2. The lowest BCUT2D eigenvalue weighted by Crippen LogP contribution is -2.40. The van der Waals surface area contributed by atoms with Gasteiger partial charge in [-0.25, -0.2) is 0 Å². The van der Waals surface area contributed by atoms with Gasteiger partial charge in [0.15, 0.2) is 0 Å². The largest absolute Gasteiger partial charge is 0.347 e. The Hall–Kier alpha value is -1.10. The van der Waals surface area contributed by atoms with Gasteiger partial charge >= 0.3 is 0 Å². The van der Waals surface area contributed by atoms with Crippen LogP contribution in [0.3, 0.4) is 0 Å². The van der Waals surface area contributed by atoms with Crippen molar-refractivity contribution in [2.24, 2.45) is 11.7 Å². The topological polar surface area (TPSA) is 75.4 Å². The van der Waals surface area contributed by atoms with E-state index in [1.807, 2.05) is 13.8 Å². The zero-order chi connectivity index (χ0) is 14.0. The van der Waals surface area contributed by atoms with E-state index in [0.717, 1.165) is 12.8 Å². The van der Waals surface area contributed by atoms with Crippen LogP contribution in [-0.4, -0.2) is 42.9 Å². The molecule has 0 aliphatic rings. The Labute approximate surface area is 110 Å². The highest BCUT2D eigenvalue weighted by Crippen LogP contribution is 2.08. The van der Waals surface area contributed by atoms with Crippen molar-refractivity contribution in [3.05, 3.63) is 0 Å².